The zero-order valence-corrected chi connectivity index (χ0v) is 16.5. The zero-order chi connectivity index (χ0) is 21.3. The lowest BCUT2D eigenvalue weighted by Crippen LogP contribution is -2.24. The van der Waals surface area contributed by atoms with E-state index in [-0.39, 0.29) is 18.3 Å². The van der Waals surface area contributed by atoms with Crippen LogP contribution in [-0.2, 0) is 13.2 Å². The van der Waals surface area contributed by atoms with Gasteiger partial charge in [0.2, 0.25) is 11.8 Å². The van der Waals surface area contributed by atoms with Crippen molar-refractivity contribution in [2.24, 2.45) is 13.0 Å². The number of rotatable bonds is 5. The molecule has 0 saturated carbocycles. The van der Waals surface area contributed by atoms with Gasteiger partial charge in [-0.1, -0.05) is 12.1 Å². The van der Waals surface area contributed by atoms with E-state index in [0.717, 1.165) is 18.2 Å². The molecule has 0 N–H and O–H groups in total. The average molecular weight is 419 g/mol. The lowest BCUT2D eigenvalue weighted by Gasteiger charge is -2.18. The normalized spacial score (nSPS) is 16.8. The lowest BCUT2D eigenvalue weighted by molar-refractivity contribution is -0.139. The summed E-state index contributed by atoms with van der Waals surface area (Å²) in [4.78, 5) is 12.4. The van der Waals surface area contributed by atoms with Crippen molar-refractivity contribution >= 4 is 5.95 Å². The van der Waals surface area contributed by atoms with Crippen molar-refractivity contribution in [3.63, 3.8) is 0 Å². The number of hydrogen-bond acceptors (Lipinski definition) is 7. The number of benzene rings is 1. The smallest absolute Gasteiger partial charge is 0.419 e. The molecule has 1 atom stereocenters. The third kappa shape index (κ3) is 4.34. The number of alkyl halides is 3. The minimum atomic E-state index is -4.45. The molecule has 1 saturated heterocycles. The molecular weight excluding hydrogens is 399 g/mol. The molecule has 4 rings (SSSR count). The fourth-order valence-electron chi connectivity index (χ4n) is 3.38. The second-order valence-corrected chi connectivity index (χ2v) is 7.20. The molecule has 1 fully saturated rings. The zero-order valence-electron chi connectivity index (χ0n) is 16.5. The van der Waals surface area contributed by atoms with Crippen molar-refractivity contribution in [2.75, 3.05) is 24.6 Å². The Bertz CT molecular complexity index is 1040. The predicted molar refractivity (Wildman–Crippen MR) is 102 cm³/mol. The number of anilines is 1. The molecule has 1 aromatic carbocycles. The quantitative estimate of drug-likeness (QED) is 0.629. The van der Waals surface area contributed by atoms with Gasteiger partial charge in [0, 0.05) is 24.7 Å². The van der Waals surface area contributed by atoms with E-state index in [2.05, 4.69) is 25.4 Å². The minimum absolute atomic E-state index is 0.0634. The highest BCUT2D eigenvalue weighted by atomic mass is 19.4. The number of hydrogen-bond donors (Lipinski definition) is 0. The molecule has 8 nitrogen and oxygen atoms in total. The lowest BCUT2D eigenvalue weighted by atomic mass is 10.1. The molecule has 158 valence electrons. The van der Waals surface area contributed by atoms with Crippen molar-refractivity contribution in [1.29, 1.82) is 0 Å². The summed E-state index contributed by atoms with van der Waals surface area (Å²) in [5.74, 6) is 0.863. The Morgan fingerprint density at radius 2 is 2.00 bits per heavy atom. The van der Waals surface area contributed by atoms with Gasteiger partial charge in [0.15, 0.2) is 0 Å². The van der Waals surface area contributed by atoms with Crippen LogP contribution in [0.25, 0.3) is 11.5 Å². The van der Waals surface area contributed by atoms with Gasteiger partial charge in [-0.05, 0) is 36.8 Å². The summed E-state index contributed by atoms with van der Waals surface area (Å²) in [7, 11) is 1.67. The van der Waals surface area contributed by atoms with Crippen LogP contribution in [0, 0.1) is 12.8 Å². The number of halogens is 3. The van der Waals surface area contributed by atoms with Gasteiger partial charge in [0.1, 0.15) is 11.4 Å². The molecule has 1 aliphatic heterocycles. The highest BCUT2D eigenvalue weighted by Crippen LogP contribution is 2.36. The van der Waals surface area contributed by atoms with E-state index in [1.165, 1.54) is 23.0 Å². The Kier molecular flexibility index (Phi) is 5.27. The van der Waals surface area contributed by atoms with Gasteiger partial charge in [-0.2, -0.15) is 18.0 Å². The Morgan fingerprint density at radius 1 is 1.20 bits per heavy atom. The number of aromatic nitrogens is 6. The van der Waals surface area contributed by atoms with Crippen LogP contribution >= 0.6 is 0 Å². The van der Waals surface area contributed by atoms with Crippen LogP contribution in [0.3, 0.4) is 0 Å². The molecule has 0 spiro atoms. The van der Waals surface area contributed by atoms with E-state index in [4.69, 9.17) is 4.74 Å². The fraction of sp³-hybridized carbons (Fsp3) is 0.421. The molecule has 1 aliphatic rings. The molecule has 0 bridgehead atoms. The molecule has 0 radical (unpaired) electrons. The molecule has 3 heterocycles. The van der Waals surface area contributed by atoms with Crippen molar-refractivity contribution in [3.05, 3.63) is 41.6 Å². The third-order valence-corrected chi connectivity index (χ3v) is 4.82. The van der Waals surface area contributed by atoms with Gasteiger partial charge in [0.05, 0.1) is 19.2 Å². The van der Waals surface area contributed by atoms with E-state index >= 15 is 0 Å². The van der Waals surface area contributed by atoms with E-state index in [9.17, 15) is 13.2 Å². The maximum absolute atomic E-state index is 13.1. The number of nitrogens with zero attached hydrogens (tertiary/aromatic N) is 7. The van der Waals surface area contributed by atoms with E-state index in [0.29, 0.717) is 30.6 Å². The number of tetrazole rings is 1. The summed E-state index contributed by atoms with van der Waals surface area (Å²) < 4.78 is 44.9. The summed E-state index contributed by atoms with van der Waals surface area (Å²) in [6, 6.07) is 7.04. The summed E-state index contributed by atoms with van der Waals surface area (Å²) in [6.45, 7) is 3.32. The molecule has 0 aliphatic carbocycles. The number of ether oxygens (including phenoxy) is 1. The van der Waals surface area contributed by atoms with Crippen LogP contribution in [0.1, 0.15) is 17.7 Å². The first-order valence-electron chi connectivity index (χ1n) is 9.43. The molecule has 1 unspecified atom stereocenters. The van der Waals surface area contributed by atoms with Crippen molar-refractivity contribution in [1.82, 2.24) is 30.2 Å². The van der Waals surface area contributed by atoms with Crippen LogP contribution < -0.4 is 9.64 Å². The van der Waals surface area contributed by atoms with E-state index in [1.807, 2.05) is 11.8 Å². The van der Waals surface area contributed by atoms with Crippen molar-refractivity contribution in [2.45, 2.75) is 19.5 Å². The summed E-state index contributed by atoms with van der Waals surface area (Å²) in [5.41, 5.74) is 0.577. The van der Waals surface area contributed by atoms with Crippen LogP contribution in [0.2, 0.25) is 0 Å². The molecule has 3 aromatic rings. The number of aryl methyl sites for hydroxylation is 2. The first-order chi connectivity index (χ1) is 14.3. The fourth-order valence-corrected chi connectivity index (χ4v) is 3.38. The van der Waals surface area contributed by atoms with Gasteiger partial charge in [-0.15, -0.1) is 10.2 Å². The first kappa shape index (κ1) is 20.0. The topological polar surface area (TPSA) is 81.9 Å². The van der Waals surface area contributed by atoms with Crippen LogP contribution in [0.15, 0.2) is 30.3 Å². The summed E-state index contributed by atoms with van der Waals surface area (Å²) in [6.07, 6.45) is -3.68. The minimum Gasteiger partial charge on any atom is -0.493 e. The van der Waals surface area contributed by atoms with Gasteiger partial charge in [-0.25, -0.2) is 9.97 Å². The molecule has 30 heavy (non-hydrogen) atoms. The van der Waals surface area contributed by atoms with Crippen molar-refractivity contribution in [3.8, 4) is 17.3 Å². The molecule has 11 heteroatoms. The largest absolute Gasteiger partial charge is 0.493 e. The maximum Gasteiger partial charge on any atom is 0.419 e. The molecule has 0 amide bonds. The van der Waals surface area contributed by atoms with Gasteiger partial charge < -0.3 is 9.64 Å². The second-order valence-electron chi connectivity index (χ2n) is 7.20. The highest BCUT2D eigenvalue weighted by Gasteiger charge is 2.34. The summed E-state index contributed by atoms with van der Waals surface area (Å²) in [5, 5.41) is 12.0. The average Bonchev–Trinajstić information content (AvgIpc) is 3.34. The Hall–Kier alpha value is -3.24. The first-order valence-corrected chi connectivity index (χ1v) is 9.43. The Balaban J connectivity index is 1.44. The monoisotopic (exact) mass is 419 g/mol. The highest BCUT2D eigenvalue weighted by molar-refractivity contribution is 5.52. The van der Waals surface area contributed by atoms with Gasteiger partial charge >= 0.3 is 6.18 Å². The molecule has 2 aromatic heterocycles. The predicted octanol–water partition coefficient (Wildman–Crippen LogP) is 2.90. The summed E-state index contributed by atoms with van der Waals surface area (Å²) >= 11 is 0. The number of para-hydroxylation sites is 1. The standard InChI is InChI=1S/C19H20F3N7O/c1-12-9-15(17-25-27-28(2)26-17)24-18(23-12)29-8-7-13(10-29)11-30-16-6-4-3-5-14(16)19(20,21)22/h3-6,9,13H,7-8,10-11H2,1-2H3. The van der Waals surface area contributed by atoms with Gasteiger partial charge in [-0.3, -0.25) is 0 Å². The SMILES string of the molecule is Cc1cc(-c2nnn(C)n2)nc(N2CCC(COc3ccccc3C(F)(F)F)C2)n1. The second kappa shape index (κ2) is 7.88. The maximum atomic E-state index is 13.1. The van der Waals surface area contributed by atoms with E-state index in [1.54, 1.807) is 13.1 Å². The van der Waals surface area contributed by atoms with Crippen LogP contribution in [0.4, 0.5) is 19.1 Å². The Morgan fingerprint density at radius 3 is 2.73 bits per heavy atom. The van der Waals surface area contributed by atoms with Crippen molar-refractivity contribution < 1.29 is 17.9 Å². The van der Waals surface area contributed by atoms with Crippen LogP contribution in [0.5, 0.6) is 5.75 Å². The third-order valence-electron chi connectivity index (χ3n) is 4.82. The van der Waals surface area contributed by atoms with Crippen LogP contribution in [-0.4, -0.2) is 49.9 Å². The molecular formula is C19H20F3N7O. The Labute approximate surface area is 170 Å². The van der Waals surface area contributed by atoms with E-state index < -0.39 is 11.7 Å². The van der Waals surface area contributed by atoms with Gasteiger partial charge in [0.25, 0.3) is 0 Å².